The van der Waals surface area contributed by atoms with Gasteiger partial charge in [0, 0.05) is 5.02 Å². The second-order valence-electron chi connectivity index (χ2n) is 6.68. The molecule has 2 N–H and O–H groups in total. The van der Waals surface area contributed by atoms with Crippen LogP contribution in [0.2, 0.25) is 5.02 Å². The van der Waals surface area contributed by atoms with Crippen molar-refractivity contribution in [3.63, 3.8) is 0 Å². The first-order chi connectivity index (χ1) is 13.8. The Morgan fingerprint density at radius 2 is 2.10 bits per heavy atom. The van der Waals surface area contributed by atoms with Crippen molar-refractivity contribution in [1.29, 1.82) is 0 Å². The molecule has 2 heterocycles. The second-order valence-corrected chi connectivity index (χ2v) is 8.04. The summed E-state index contributed by atoms with van der Waals surface area (Å²) in [7, 11) is 0. The maximum atomic E-state index is 12.1. The molecule has 1 aromatic carbocycles. The van der Waals surface area contributed by atoms with E-state index in [9.17, 15) is 4.79 Å². The minimum absolute atomic E-state index is 0.0164. The van der Waals surface area contributed by atoms with Crippen molar-refractivity contribution >= 4 is 34.7 Å². The van der Waals surface area contributed by atoms with E-state index in [0.29, 0.717) is 15.7 Å². The third-order valence-corrected chi connectivity index (χ3v) is 5.45. The number of hydrogen-bond acceptors (Lipinski definition) is 6. The molecule has 2 aromatic heterocycles. The molecule has 0 aliphatic heterocycles. The molecule has 0 fully saturated rings. The summed E-state index contributed by atoms with van der Waals surface area (Å²) < 4.78 is 11.4. The predicted molar refractivity (Wildman–Crippen MR) is 114 cm³/mol. The van der Waals surface area contributed by atoms with Crippen LogP contribution in [0.1, 0.15) is 52.1 Å². The van der Waals surface area contributed by atoms with Gasteiger partial charge < -0.3 is 19.7 Å². The van der Waals surface area contributed by atoms with Crippen molar-refractivity contribution in [3.05, 3.63) is 74.3 Å². The third kappa shape index (κ3) is 5.19. The van der Waals surface area contributed by atoms with E-state index in [-0.39, 0.29) is 24.1 Å². The minimum Gasteiger partial charge on any atom is -0.485 e. The van der Waals surface area contributed by atoms with Gasteiger partial charge in [0.1, 0.15) is 18.1 Å². The van der Waals surface area contributed by atoms with Crippen molar-refractivity contribution in [2.45, 2.75) is 33.3 Å². The average molecular weight is 433 g/mol. The molecule has 0 saturated heterocycles. The molecule has 3 rings (SSSR count). The van der Waals surface area contributed by atoms with Crippen molar-refractivity contribution in [2.24, 2.45) is 10.9 Å². The van der Waals surface area contributed by atoms with Gasteiger partial charge in [-0.1, -0.05) is 36.7 Å². The number of halogens is 1. The summed E-state index contributed by atoms with van der Waals surface area (Å²) in [6, 6.07) is 10.6. The Hall–Kier alpha value is -2.77. The first kappa shape index (κ1) is 21.0. The standard InChI is InChI=1S/C21H21ClN2O4S/c1-12(2)15-10-16(22)13(3)9-18(15)26-11-14-6-7-17(27-14)21(25)28-24-20(23)19-5-4-8-29-19/h4-10,12H,11H2,1-3H3,(H2,23,24). The quantitative estimate of drug-likeness (QED) is 0.231. The van der Waals surface area contributed by atoms with Gasteiger partial charge in [0.05, 0.1) is 4.88 Å². The Morgan fingerprint density at radius 3 is 2.79 bits per heavy atom. The topological polar surface area (TPSA) is 87.0 Å². The highest BCUT2D eigenvalue weighted by atomic mass is 35.5. The summed E-state index contributed by atoms with van der Waals surface area (Å²) in [4.78, 5) is 17.7. The molecular weight excluding hydrogens is 412 g/mol. The van der Waals surface area contributed by atoms with Crippen LogP contribution < -0.4 is 10.5 Å². The Bertz CT molecular complexity index is 1030. The van der Waals surface area contributed by atoms with Gasteiger partial charge in [-0.2, -0.15) is 0 Å². The summed E-state index contributed by atoms with van der Waals surface area (Å²) in [6.45, 7) is 6.21. The fourth-order valence-electron chi connectivity index (χ4n) is 2.57. The minimum atomic E-state index is -0.735. The smallest absolute Gasteiger partial charge is 0.400 e. The highest BCUT2D eigenvalue weighted by molar-refractivity contribution is 7.12. The summed E-state index contributed by atoms with van der Waals surface area (Å²) in [6.07, 6.45) is 0. The van der Waals surface area contributed by atoms with Crippen LogP contribution in [-0.4, -0.2) is 11.8 Å². The Labute approximate surface area is 177 Å². The maximum Gasteiger partial charge on any atom is 0.400 e. The van der Waals surface area contributed by atoms with Crippen LogP contribution in [-0.2, 0) is 11.4 Å². The van der Waals surface area contributed by atoms with Gasteiger partial charge in [-0.25, -0.2) is 4.79 Å². The van der Waals surface area contributed by atoms with Crippen molar-refractivity contribution in [2.75, 3.05) is 0 Å². The molecule has 3 aromatic rings. The number of aryl methyl sites for hydroxylation is 1. The third-order valence-electron chi connectivity index (χ3n) is 4.15. The molecule has 0 aliphatic rings. The number of oxime groups is 1. The number of benzene rings is 1. The van der Waals surface area contributed by atoms with Gasteiger partial charge in [0.25, 0.3) is 0 Å². The molecule has 8 heteroatoms. The number of hydrogen-bond donors (Lipinski definition) is 1. The lowest BCUT2D eigenvalue weighted by Crippen LogP contribution is -2.13. The van der Waals surface area contributed by atoms with Crippen LogP contribution in [0.25, 0.3) is 0 Å². The van der Waals surface area contributed by atoms with E-state index >= 15 is 0 Å². The number of thiophene rings is 1. The van der Waals surface area contributed by atoms with E-state index in [1.54, 1.807) is 12.1 Å². The van der Waals surface area contributed by atoms with Crippen molar-refractivity contribution in [3.8, 4) is 5.75 Å². The zero-order chi connectivity index (χ0) is 21.0. The number of carbonyl (C=O) groups excluding carboxylic acids is 1. The molecular formula is C21H21ClN2O4S. The fraction of sp³-hybridized carbons (Fsp3) is 0.238. The van der Waals surface area contributed by atoms with Crippen LogP contribution >= 0.6 is 22.9 Å². The van der Waals surface area contributed by atoms with Gasteiger partial charge in [-0.15, -0.1) is 11.3 Å². The first-order valence-corrected chi connectivity index (χ1v) is 10.2. The Balaban J connectivity index is 1.64. The number of nitrogens with zero attached hydrogens (tertiary/aromatic N) is 1. The Kier molecular flexibility index (Phi) is 6.61. The van der Waals surface area contributed by atoms with Crippen LogP contribution in [0.4, 0.5) is 0 Å². The summed E-state index contributed by atoms with van der Waals surface area (Å²) in [5.41, 5.74) is 7.70. The van der Waals surface area contributed by atoms with Gasteiger partial charge >= 0.3 is 5.97 Å². The van der Waals surface area contributed by atoms with Crippen LogP contribution in [0.5, 0.6) is 5.75 Å². The number of carbonyl (C=O) groups is 1. The van der Waals surface area contributed by atoms with E-state index in [1.165, 1.54) is 17.4 Å². The number of amidine groups is 1. The molecule has 0 atom stereocenters. The highest BCUT2D eigenvalue weighted by Crippen LogP contribution is 2.32. The number of rotatable bonds is 7. The molecule has 0 spiro atoms. The zero-order valence-electron chi connectivity index (χ0n) is 16.3. The lowest BCUT2D eigenvalue weighted by Gasteiger charge is -2.15. The summed E-state index contributed by atoms with van der Waals surface area (Å²) in [5, 5.41) is 6.20. The highest BCUT2D eigenvalue weighted by Gasteiger charge is 2.16. The first-order valence-electron chi connectivity index (χ1n) is 8.95. The zero-order valence-corrected chi connectivity index (χ0v) is 17.8. The number of furan rings is 1. The predicted octanol–water partition coefficient (Wildman–Crippen LogP) is 5.48. The number of ether oxygens (including phenoxy) is 1. The molecule has 6 nitrogen and oxygen atoms in total. The van der Waals surface area contributed by atoms with E-state index in [0.717, 1.165) is 16.9 Å². The molecule has 0 radical (unpaired) electrons. The molecule has 0 amide bonds. The molecule has 0 bridgehead atoms. The average Bonchev–Trinajstić information content (AvgIpc) is 3.38. The molecule has 29 heavy (non-hydrogen) atoms. The van der Waals surface area contributed by atoms with E-state index < -0.39 is 5.97 Å². The van der Waals surface area contributed by atoms with Gasteiger partial charge in [-0.05, 0) is 59.7 Å². The van der Waals surface area contributed by atoms with Crippen LogP contribution in [0.3, 0.4) is 0 Å². The summed E-state index contributed by atoms with van der Waals surface area (Å²) >= 11 is 7.62. The molecule has 152 valence electrons. The fourth-order valence-corrected chi connectivity index (χ4v) is 3.36. The molecule has 0 unspecified atom stereocenters. The second kappa shape index (κ2) is 9.15. The lowest BCUT2D eigenvalue weighted by molar-refractivity contribution is 0.0475. The normalized spacial score (nSPS) is 11.7. The van der Waals surface area contributed by atoms with Gasteiger partial charge in [0.2, 0.25) is 5.76 Å². The maximum absolute atomic E-state index is 12.1. The SMILES string of the molecule is Cc1cc(OCc2ccc(C(=O)O/N=C(\N)c3cccs3)o2)c(C(C)C)cc1Cl. The van der Waals surface area contributed by atoms with E-state index in [4.69, 9.17) is 31.3 Å². The largest absolute Gasteiger partial charge is 0.485 e. The Morgan fingerprint density at radius 1 is 1.31 bits per heavy atom. The van der Waals surface area contributed by atoms with Crippen molar-refractivity contribution < 1.29 is 18.8 Å². The monoisotopic (exact) mass is 432 g/mol. The van der Waals surface area contributed by atoms with Crippen LogP contribution in [0.15, 0.2) is 51.4 Å². The summed E-state index contributed by atoms with van der Waals surface area (Å²) in [5.74, 6) is 0.869. The van der Waals surface area contributed by atoms with Crippen molar-refractivity contribution in [1.82, 2.24) is 0 Å². The van der Waals surface area contributed by atoms with Gasteiger partial charge in [-0.3, -0.25) is 0 Å². The van der Waals surface area contributed by atoms with Gasteiger partial charge in [0.15, 0.2) is 5.84 Å². The number of nitrogens with two attached hydrogens (primary N) is 1. The van der Waals surface area contributed by atoms with E-state index in [1.807, 2.05) is 30.5 Å². The lowest BCUT2D eigenvalue weighted by atomic mass is 10.0. The van der Waals surface area contributed by atoms with Crippen LogP contribution in [0, 0.1) is 6.92 Å². The molecule has 0 saturated carbocycles. The van der Waals surface area contributed by atoms with E-state index in [2.05, 4.69) is 19.0 Å². The molecule has 0 aliphatic carbocycles.